The van der Waals surface area contributed by atoms with E-state index in [1.807, 2.05) is 13.0 Å². The highest BCUT2D eigenvalue weighted by atomic mass is 35.5. The Hall–Kier alpha value is -1.96. The highest BCUT2D eigenvalue weighted by Gasteiger charge is 2.18. The van der Waals surface area contributed by atoms with Crippen LogP contribution in [0.4, 0.5) is 4.39 Å². The van der Waals surface area contributed by atoms with E-state index in [-0.39, 0.29) is 40.9 Å². The average molecular weight is 413 g/mol. The molecule has 5 nitrogen and oxygen atoms in total. The van der Waals surface area contributed by atoms with Gasteiger partial charge in [-0.1, -0.05) is 29.8 Å². The minimum absolute atomic E-state index is 0.00801. The topological polar surface area (TPSA) is 66.5 Å². The number of nitrogens with zero attached hydrogens (tertiary/aromatic N) is 1. The summed E-state index contributed by atoms with van der Waals surface area (Å²) < 4.78 is 41.1. The summed E-state index contributed by atoms with van der Waals surface area (Å²) in [5.41, 5.74) is 1.69. The molecular weight excluding hydrogens is 391 g/mol. The van der Waals surface area contributed by atoms with Gasteiger partial charge in [0.05, 0.1) is 4.90 Å². The van der Waals surface area contributed by atoms with Crippen molar-refractivity contribution in [2.45, 2.75) is 31.7 Å². The Morgan fingerprint density at radius 3 is 2.59 bits per heavy atom. The fraction of sp³-hybridized carbons (Fsp3) is 0.316. The molecule has 0 bridgehead atoms. The van der Waals surface area contributed by atoms with E-state index in [0.717, 1.165) is 5.56 Å². The third kappa shape index (κ3) is 5.51. The Bertz CT molecular complexity index is 928. The number of hydrogen-bond donors (Lipinski definition) is 1. The van der Waals surface area contributed by atoms with Crippen LogP contribution in [-0.2, 0) is 21.4 Å². The second-order valence-corrected chi connectivity index (χ2v) is 8.51. The van der Waals surface area contributed by atoms with Gasteiger partial charge in [0.2, 0.25) is 15.9 Å². The van der Waals surface area contributed by atoms with Gasteiger partial charge >= 0.3 is 0 Å². The summed E-state index contributed by atoms with van der Waals surface area (Å²) in [5.74, 6) is -0.809. The SMILES string of the molecule is Cc1ccc(C)c(S(=O)(=O)NCCC(=O)N(C)Cc2c(F)cccc2Cl)c1. The first kappa shape index (κ1) is 21.3. The van der Waals surface area contributed by atoms with Crippen molar-refractivity contribution in [1.82, 2.24) is 9.62 Å². The van der Waals surface area contributed by atoms with Crippen LogP contribution >= 0.6 is 11.6 Å². The third-order valence-electron chi connectivity index (χ3n) is 4.15. The number of amides is 1. The van der Waals surface area contributed by atoms with Gasteiger partial charge in [0, 0.05) is 37.1 Å². The van der Waals surface area contributed by atoms with E-state index >= 15 is 0 Å². The van der Waals surface area contributed by atoms with Crippen LogP contribution in [0.2, 0.25) is 5.02 Å². The molecule has 0 saturated carbocycles. The average Bonchev–Trinajstić information content (AvgIpc) is 2.59. The largest absolute Gasteiger partial charge is 0.341 e. The summed E-state index contributed by atoms with van der Waals surface area (Å²) in [5, 5.41) is 0.241. The van der Waals surface area contributed by atoms with Crippen molar-refractivity contribution >= 4 is 27.5 Å². The number of carbonyl (C=O) groups is 1. The Morgan fingerprint density at radius 2 is 1.93 bits per heavy atom. The number of nitrogens with one attached hydrogen (secondary N) is 1. The quantitative estimate of drug-likeness (QED) is 0.757. The zero-order chi connectivity index (χ0) is 20.2. The number of carbonyl (C=O) groups excluding carboxylic acids is 1. The fourth-order valence-electron chi connectivity index (χ4n) is 2.57. The van der Waals surface area contributed by atoms with Crippen LogP contribution in [0.3, 0.4) is 0 Å². The zero-order valence-electron chi connectivity index (χ0n) is 15.4. The standard InChI is InChI=1S/C19H22ClFN2O3S/c1-13-7-8-14(2)18(11-13)27(25,26)22-10-9-19(24)23(3)12-15-16(20)5-4-6-17(15)21/h4-8,11,22H,9-10,12H2,1-3H3. The smallest absolute Gasteiger partial charge is 0.240 e. The van der Waals surface area contributed by atoms with Gasteiger partial charge in [-0.15, -0.1) is 0 Å². The van der Waals surface area contributed by atoms with E-state index in [2.05, 4.69) is 4.72 Å². The molecule has 0 atom stereocenters. The highest BCUT2D eigenvalue weighted by molar-refractivity contribution is 7.89. The Labute approximate surface area is 164 Å². The van der Waals surface area contributed by atoms with Gasteiger partial charge in [-0.05, 0) is 43.2 Å². The van der Waals surface area contributed by atoms with E-state index in [4.69, 9.17) is 11.6 Å². The highest BCUT2D eigenvalue weighted by Crippen LogP contribution is 2.20. The van der Waals surface area contributed by atoms with Crippen LogP contribution in [0.5, 0.6) is 0 Å². The van der Waals surface area contributed by atoms with E-state index in [0.29, 0.717) is 5.56 Å². The number of aryl methyl sites for hydroxylation is 2. The molecule has 1 amide bonds. The summed E-state index contributed by atoms with van der Waals surface area (Å²) in [6.45, 7) is 3.48. The van der Waals surface area contributed by atoms with Crippen molar-refractivity contribution in [3.05, 3.63) is 63.9 Å². The molecule has 0 unspecified atom stereocenters. The molecule has 0 aromatic heterocycles. The lowest BCUT2D eigenvalue weighted by atomic mass is 10.2. The van der Waals surface area contributed by atoms with Gasteiger partial charge in [-0.2, -0.15) is 0 Å². The van der Waals surface area contributed by atoms with Crippen LogP contribution in [0.1, 0.15) is 23.1 Å². The lowest BCUT2D eigenvalue weighted by molar-refractivity contribution is -0.130. The maximum absolute atomic E-state index is 13.8. The second-order valence-electron chi connectivity index (χ2n) is 6.37. The van der Waals surface area contributed by atoms with E-state index in [1.54, 1.807) is 25.1 Å². The molecule has 146 valence electrons. The lowest BCUT2D eigenvalue weighted by Gasteiger charge is -2.18. The first-order valence-corrected chi connectivity index (χ1v) is 10.2. The summed E-state index contributed by atoms with van der Waals surface area (Å²) in [7, 11) is -2.19. The van der Waals surface area contributed by atoms with Crippen molar-refractivity contribution < 1.29 is 17.6 Å². The molecule has 27 heavy (non-hydrogen) atoms. The molecule has 1 N–H and O–H groups in total. The zero-order valence-corrected chi connectivity index (χ0v) is 17.0. The second kappa shape index (κ2) is 8.82. The number of hydrogen-bond acceptors (Lipinski definition) is 3. The molecule has 0 spiro atoms. The van der Waals surface area contributed by atoms with Crippen LogP contribution in [0.15, 0.2) is 41.3 Å². The van der Waals surface area contributed by atoms with Gasteiger partial charge in [0.15, 0.2) is 0 Å². The maximum atomic E-state index is 13.8. The monoisotopic (exact) mass is 412 g/mol. The summed E-state index contributed by atoms with van der Waals surface area (Å²) in [4.78, 5) is 13.8. The van der Waals surface area contributed by atoms with E-state index in [9.17, 15) is 17.6 Å². The van der Waals surface area contributed by atoms with Crippen LogP contribution in [-0.4, -0.2) is 32.8 Å². The summed E-state index contributed by atoms with van der Waals surface area (Å²) >= 11 is 5.97. The molecule has 2 rings (SSSR count). The molecule has 0 heterocycles. The summed E-state index contributed by atoms with van der Waals surface area (Å²) in [6, 6.07) is 9.48. The predicted octanol–water partition coefficient (Wildman–Crippen LogP) is 3.42. The van der Waals surface area contributed by atoms with Crippen LogP contribution in [0.25, 0.3) is 0 Å². The Balaban J connectivity index is 1.96. The number of halogens is 2. The van der Waals surface area contributed by atoms with E-state index < -0.39 is 15.8 Å². The molecule has 0 fully saturated rings. The number of rotatable bonds is 7. The van der Waals surface area contributed by atoms with Crippen LogP contribution in [0, 0.1) is 19.7 Å². The molecule has 0 radical (unpaired) electrons. The molecule has 0 saturated heterocycles. The van der Waals surface area contributed by atoms with Crippen LogP contribution < -0.4 is 4.72 Å². The maximum Gasteiger partial charge on any atom is 0.240 e. The Morgan fingerprint density at radius 1 is 1.22 bits per heavy atom. The van der Waals surface area contributed by atoms with Gasteiger partial charge in [-0.3, -0.25) is 4.79 Å². The van der Waals surface area contributed by atoms with Crippen molar-refractivity contribution in [3.63, 3.8) is 0 Å². The fourth-order valence-corrected chi connectivity index (χ4v) is 4.15. The molecular formula is C19H22ClFN2O3S. The minimum Gasteiger partial charge on any atom is -0.341 e. The van der Waals surface area contributed by atoms with Gasteiger partial charge in [-0.25, -0.2) is 17.5 Å². The number of sulfonamides is 1. The van der Waals surface area contributed by atoms with Gasteiger partial charge < -0.3 is 4.90 Å². The minimum atomic E-state index is -3.71. The lowest BCUT2D eigenvalue weighted by Crippen LogP contribution is -2.32. The molecule has 0 aliphatic rings. The molecule has 0 aliphatic carbocycles. The first-order valence-electron chi connectivity index (χ1n) is 8.35. The van der Waals surface area contributed by atoms with Gasteiger partial charge in [0.1, 0.15) is 5.82 Å². The van der Waals surface area contributed by atoms with Crippen molar-refractivity contribution in [2.24, 2.45) is 0 Å². The van der Waals surface area contributed by atoms with E-state index in [1.165, 1.54) is 24.1 Å². The van der Waals surface area contributed by atoms with Crippen molar-refractivity contribution in [1.29, 1.82) is 0 Å². The number of benzene rings is 2. The van der Waals surface area contributed by atoms with Crippen molar-refractivity contribution in [2.75, 3.05) is 13.6 Å². The summed E-state index contributed by atoms with van der Waals surface area (Å²) in [6.07, 6.45) is -0.0489. The molecule has 8 heteroatoms. The van der Waals surface area contributed by atoms with Gasteiger partial charge in [0.25, 0.3) is 0 Å². The third-order valence-corrected chi connectivity index (χ3v) is 6.10. The Kier molecular flexibility index (Phi) is 6.97. The normalized spacial score (nSPS) is 11.4. The van der Waals surface area contributed by atoms with Crippen molar-refractivity contribution in [3.8, 4) is 0 Å². The first-order chi connectivity index (χ1) is 12.6. The molecule has 2 aromatic rings. The predicted molar refractivity (Wildman–Crippen MR) is 104 cm³/mol. The molecule has 2 aromatic carbocycles. The molecule has 0 aliphatic heterocycles.